The molecule has 0 aliphatic carbocycles. The smallest absolute Gasteiger partial charge is 0.0593 e. The van der Waals surface area contributed by atoms with Gasteiger partial charge in [0.1, 0.15) is 0 Å². The Morgan fingerprint density at radius 3 is 2.79 bits per heavy atom. The van der Waals surface area contributed by atoms with Crippen LogP contribution in [0.5, 0.6) is 0 Å². The van der Waals surface area contributed by atoms with Crippen molar-refractivity contribution in [3.8, 4) is 0 Å². The number of hydrogen-bond donors (Lipinski definition) is 1. The SMILES string of the molecule is CCCOCCN1CCC(C)(CN)C1. The molecule has 0 spiro atoms. The Bertz CT molecular complexity index is 163. The Labute approximate surface area is 87.6 Å². The average molecular weight is 200 g/mol. The number of nitrogens with zero attached hydrogens (tertiary/aromatic N) is 1. The highest BCUT2D eigenvalue weighted by molar-refractivity contribution is 4.86. The molecule has 0 aromatic rings. The van der Waals surface area contributed by atoms with Gasteiger partial charge in [-0.2, -0.15) is 0 Å². The summed E-state index contributed by atoms with van der Waals surface area (Å²) in [6, 6.07) is 0. The highest BCUT2D eigenvalue weighted by Gasteiger charge is 2.31. The van der Waals surface area contributed by atoms with E-state index in [0.717, 1.165) is 39.3 Å². The lowest BCUT2D eigenvalue weighted by molar-refractivity contribution is 0.108. The number of ether oxygens (including phenoxy) is 1. The van der Waals surface area contributed by atoms with E-state index in [-0.39, 0.29) is 0 Å². The van der Waals surface area contributed by atoms with Gasteiger partial charge < -0.3 is 15.4 Å². The first-order valence-corrected chi connectivity index (χ1v) is 5.70. The molecule has 1 saturated heterocycles. The summed E-state index contributed by atoms with van der Waals surface area (Å²) < 4.78 is 5.47. The van der Waals surface area contributed by atoms with Crippen LogP contribution in [0.1, 0.15) is 26.7 Å². The van der Waals surface area contributed by atoms with Gasteiger partial charge >= 0.3 is 0 Å². The minimum Gasteiger partial charge on any atom is -0.380 e. The molecule has 1 fully saturated rings. The molecule has 0 aromatic heterocycles. The molecule has 0 amide bonds. The van der Waals surface area contributed by atoms with Gasteiger partial charge in [0, 0.05) is 19.7 Å². The Balaban J connectivity index is 2.10. The molecule has 2 N–H and O–H groups in total. The summed E-state index contributed by atoms with van der Waals surface area (Å²) in [6.45, 7) is 10.4. The van der Waals surface area contributed by atoms with Gasteiger partial charge in [-0.15, -0.1) is 0 Å². The minimum atomic E-state index is 0.352. The van der Waals surface area contributed by atoms with Crippen molar-refractivity contribution < 1.29 is 4.74 Å². The zero-order chi connectivity index (χ0) is 10.4. The fourth-order valence-corrected chi connectivity index (χ4v) is 1.92. The lowest BCUT2D eigenvalue weighted by Gasteiger charge is -2.22. The standard InChI is InChI=1S/C11H24N2O/c1-3-7-14-8-6-13-5-4-11(2,9-12)10-13/h3-10,12H2,1-2H3. The second-order valence-electron chi connectivity index (χ2n) is 4.65. The van der Waals surface area contributed by atoms with E-state index in [9.17, 15) is 0 Å². The quantitative estimate of drug-likeness (QED) is 0.652. The molecule has 14 heavy (non-hydrogen) atoms. The van der Waals surface area contributed by atoms with E-state index >= 15 is 0 Å². The number of rotatable bonds is 6. The van der Waals surface area contributed by atoms with Crippen molar-refractivity contribution in [1.29, 1.82) is 0 Å². The molecule has 1 atom stereocenters. The van der Waals surface area contributed by atoms with Crippen molar-refractivity contribution in [3.05, 3.63) is 0 Å². The van der Waals surface area contributed by atoms with Crippen molar-refractivity contribution in [1.82, 2.24) is 4.90 Å². The van der Waals surface area contributed by atoms with Crippen LogP contribution in [-0.4, -0.2) is 44.3 Å². The monoisotopic (exact) mass is 200 g/mol. The van der Waals surface area contributed by atoms with Gasteiger partial charge in [0.15, 0.2) is 0 Å². The minimum absolute atomic E-state index is 0.352. The van der Waals surface area contributed by atoms with Crippen LogP contribution in [0.15, 0.2) is 0 Å². The van der Waals surface area contributed by atoms with Crippen LogP contribution >= 0.6 is 0 Å². The topological polar surface area (TPSA) is 38.5 Å². The third kappa shape index (κ3) is 3.56. The molecule has 1 rings (SSSR count). The van der Waals surface area contributed by atoms with E-state index < -0.39 is 0 Å². The summed E-state index contributed by atoms with van der Waals surface area (Å²) in [6.07, 6.45) is 2.35. The van der Waals surface area contributed by atoms with Crippen LogP contribution in [0.3, 0.4) is 0 Å². The number of hydrogen-bond acceptors (Lipinski definition) is 3. The van der Waals surface area contributed by atoms with Gasteiger partial charge in [0.05, 0.1) is 6.61 Å². The number of likely N-dealkylation sites (tertiary alicyclic amines) is 1. The molecule has 84 valence electrons. The predicted octanol–water partition coefficient (Wildman–Crippen LogP) is 1.08. The molecular weight excluding hydrogens is 176 g/mol. The molecule has 1 heterocycles. The first-order chi connectivity index (χ1) is 6.70. The Hall–Kier alpha value is -0.120. The first kappa shape index (κ1) is 12.0. The maximum absolute atomic E-state index is 5.75. The van der Waals surface area contributed by atoms with Gasteiger partial charge in [-0.3, -0.25) is 0 Å². The third-order valence-corrected chi connectivity index (χ3v) is 3.03. The maximum atomic E-state index is 5.75. The molecule has 1 aliphatic heterocycles. The highest BCUT2D eigenvalue weighted by Crippen LogP contribution is 2.27. The van der Waals surface area contributed by atoms with Gasteiger partial charge in [-0.25, -0.2) is 0 Å². The molecule has 0 radical (unpaired) electrons. The normalized spacial score (nSPS) is 28.5. The molecule has 1 unspecified atom stereocenters. The van der Waals surface area contributed by atoms with E-state index in [0.29, 0.717) is 5.41 Å². The molecule has 0 saturated carbocycles. The molecular formula is C11H24N2O. The van der Waals surface area contributed by atoms with Gasteiger partial charge in [0.25, 0.3) is 0 Å². The van der Waals surface area contributed by atoms with Crippen molar-refractivity contribution in [2.45, 2.75) is 26.7 Å². The van der Waals surface area contributed by atoms with Gasteiger partial charge in [0.2, 0.25) is 0 Å². The summed E-state index contributed by atoms with van der Waals surface area (Å²) in [7, 11) is 0. The molecule has 0 aromatic carbocycles. The summed E-state index contributed by atoms with van der Waals surface area (Å²) in [5.41, 5.74) is 6.10. The number of nitrogens with two attached hydrogens (primary N) is 1. The Kier molecular flexibility index (Phi) is 4.85. The average Bonchev–Trinajstić information content (AvgIpc) is 2.56. The predicted molar refractivity (Wildman–Crippen MR) is 59.3 cm³/mol. The van der Waals surface area contributed by atoms with E-state index in [1.54, 1.807) is 0 Å². The lowest BCUT2D eigenvalue weighted by atomic mass is 9.90. The van der Waals surface area contributed by atoms with E-state index in [1.807, 2.05) is 0 Å². The Morgan fingerprint density at radius 2 is 2.21 bits per heavy atom. The van der Waals surface area contributed by atoms with Crippen molar-refractivity contribution >= 4 is 0 Å². The largest absolute Gasteiger partial charge is 0.380 e. The Morgan fingerprint density at radius 1 is 1.43 bits per heavy atom. The van der Waals surface area contributed by atoms with Crippen molar-refractivity contribution in [3.63, 3.8) is 0 Å². The van der Waals surface area contributed by atoms with Crippen LogP contribution in [0.25, 0.3) is 0 Å². The first-order valence-electron chi connectivity index (χ1n) is 5.70. The lowest BCUT2D eigenvalue weighted by Crippen LogP contribution is -2.32. The third-order valence-electron chi connectivity index (χ3n) is 3.03. The van der Waals surface area contributed by atoms with Crippen LogP contribution < -0.4 is 5.73 Å². The summed E-state index contributed by atoms with van der Waals surface area (Å²) in [4.78, 5) is 2.46. The van der Waals surface area contributed by atoms with Crippen molar-refractivity contribution in [2.75, 3.05) is 39.4 Å². The van der Waals surface area contributed by atoms with Crippen molar-refractivity contribution in [2.24, 2.45) is 11.1 Å². The molecule has 3 heteroatoms. The second-order valence-corrected chi connectivity index (χ2v) is 4.65. The van der Waals surface area contributed by atoms with Crippen LogP contribution in [0.2, 0.25) is 0 Å². The van der Waals surface area contributed by atoms with E-state index in [1.165, 1.54) is 13.0 Å². The highest BCUT2D eigenvalue weighted by atomic mass is 16.5. The second kappa shape index (κ2) is 5.69. The van der Waals surface area contributed by atoms with Gasteiger partial charge in [-0.1, -0.05) is 13.8 Å². The van der Waals surface area contributed by atoms with E-state index in [2.05, 4.69) is 18.7 Å². The van der Waals surface area contributed by atoms with Crippen LogP contribution in [0.4, 0.5) is 0 Å². The van der Waals surface area contributed by atoms with Crippen LogP contribution in [-0.2, 0) is 4.74 Å². The fourth-order valence-electron chi connectivity index (χ4n) is 1.92. The fraction of sp³-hybridized carbons (Fsp3) is 1.00. The zero-order valence-electron chi connectivity index (χ0n) is 9.59. The molecule has 0 bridgehead atoms. The summed E-state index contributed by atoms with van der Waals surface area (Å²) in [5, 5.41) is 0. The van der Waals surface area contributed by atoms with Crippen LogP contribution in [0, 0.1) is 5.41 Å². The molecule has 1 aliphatic rings. The van der Waals surface area contributed by atoms with Gasteiger partial charge in [-0.05, 0) is 31.3 Å². The summed E-state index contributed by atoms with van der Waals surface area (Å²) in [5.74, 6) is 0. The van der Waals surface area contributed by atoms with E-state index in [4.69, 9.17) is 10.5 Å². The summed E-state index contributed by atoms with van der Waals surface area (Å²) >= 11 is 0. The molecule has 3 nitrogen and oxygen atoms in total. The maximum Gasteiger partial charge on any atom is 0.0593 e. The zero-order valence-corrected chi connectivity index (χ0v) is 9.59.